The maximum Gasteiger partial charge on any atom is 0.137 e. The van der Waals surface area contributed by atoms with Crippen LogP contribution in [0.15, 0.2) is 0 Å². The zero-order chi connectivity index (χ0) is 12.9. The maximum absolute atomic E-state index is 10.2. The third kappa shape index (κ3) is 3.36. The summed E-state index contributed by atoms with van der Waals surface area (Å²) in [6, 6.07) is 3.75. The molecule has 0 unspecified atom stereocenters. The molecule has 0 aromatic carbocycles. The molecule has 0 spiro atoms. The Labute approximate surface area is 108 Å². The van der Waals surface area contributed by atoms with Gasteiger partial charge in [0.25, 0.3) is 0 Å². The van der Waals surface area contributed by atoms with E-state index in [0.29, 0.717) is 0 Å². The highest BCUT2D eigenvalue weighted by molar-refractivity contribution is 6.87. The molecule has 98 valence electrons. The van der Waals surface area contributed by atoms with Crippen molar-refractivity contribution < 1.29 is 5.11 Å². The van der Waals surface area contributed by atoms with Crippen LogP contribution in [0.2, 0.25) is 18.1 Å². The Hall–Kier alpha value is -0.263. The first-order chi connectivity index (χ1) is 8.02. The number of aliphatic hydroxyl groups excluding tert-OH is 1. The predicted octanol–water partition coefficient (Wildman–Crippen LogP) is 3.98. The lowest BCUT2D eigenvalue weighted by atomic mass is 9.74. The van der Waals surface area contributed by atoms with Gasteiger partial charge in [-0.25, -0.2) is 0 Å². The Kier molecular flexibility index (Phi) is 5.28. The molecule has 0 radical (unpaired) electrons. The van der Waals surface area contributed by atoms with Crippen LogP contribution in [0.3, 0.4) is 0 Å². The van der Waals surface area contributed by atoms with Gasteiger partial charge in [0.2, 0.25) is 0 Å². The van der Waals surface area contributed by atoms with E-state index in [-0.39, 0.29) is 11.5 Å². The SMILES string of the molecule is CC[Si](C#C[C@@]1(C)CCCC[C@H]1O)(CC)CC. The van der Waals surface area contributed by atoms with Gasteiger partial charge in [0.15, 0.2) is 0 Å². The van der Waals surface area contributed by atoms with Gasteiger partial charge in [0.05, 0.1) is 11.5 Å². The molecule has 1 aliphatic carbocycles. The van der Waals surface area contributed by atoms with Crippen LogP contribution in [-0.4, -0.2) is 19.3 Å². The van der Waals surface area contributed by atoms with Gasteiger partial charge in [-0.05, 0) is 37.9 Å². The molecule has 0 heterocycles. The molecule has 1 rings (SSSR count). The quantitative estimate of drug-likeness (QED) is 0.595. The molecule has 1 fully saturated rings. The Bertz CT molecular complexity index is 290. The van der Waals surface area contributed by atoms with Gasteiger partial charge in [-0.3, -0.25) is 0 Å². The second-order valence-corrected chi connectivity index (χ2v) is 10.7. The van der Waals surface area contributed by atoms with Crippen molar-refractivity contribution in [2.75, 3.05) is 0 Å². The molecule has 0 bridgehead atoms. The fourth-order valence-corrected chi connectivity index (χ4v) is 5.33. The molecule has 2 atom stereocenters. The lowest BCUT2D eigenvalue weighted by Crippen LogP contribution is -2.36. The van der Waals surface area contributed by atoms with Crippen molar-refractivity contribution >= 4 is 8.07 Å². The first-order valence-corrected chi connectivity index (χ1v) is 9.86. The van der Waals surface area contributed by atoms with Crippen LogP contribution >= 0.6 is 0 Å². The zero-order valence-corrected chi connectivity index (χ0v) is 13.0. The molecule has 0 aliphatic heterocycles. The molecule has 0 aromatic heterocycles. The number of rotatable bonds is 3. The molecule has 0 amide bonds. The second-order valence-electron chi connectivity index (χ2n) is 5.77. The Morgan fingerprint density at radius 3 is 2.24 bits per heavy atom. The minimum absolute atomic E-state index is 0.129. The predicted molar refractivity (Wildman–Crippen MR) is 77.6 cm³/mol. The minimum atomic E-state index is -1.35. The fraction of sp³-hybridized carbons (Fsp3) is 0.867. The van der Waals surface area contributed by atoms with E-state index in [1.54, 1.807) is 0 Å². The van der Waals surface area contributed by atoms with E-state index in [1.807, 2.05) is 0 Å². The fourth-order valence-electron chi connectivity index (χ4n) is 2.75. The Morgan fingerprint density at radius 2 is 1.76 bits per heavy atom. The van der Waals surface area contributed by atoms with Crippen LogP contribution in [0.25, 0.3) is 0 Å². The van der Waals surface area contributed by atoms with Crippen LogP contribution in [0.1, 0.15) is 53.4 Å². The smallest absolute Gasteiger partial charge is 0.137 e. The van der Waals surface area contributed by atoms with E-state index in [4.69, 9.17) is 0 Å². The zero-order valence-electron chi connectivity index (χ0n) is 12.0. The normalized spacial score (nSPS) is 29.6. The average Bonchev–Trinajstić information content (AvgIpc) is 2.36. The minimum Gasteiger partial charge on any atom is -0.392 e. The molecule has 1 nitrogen and oxygen atoms in total. The highest BCUT2D eigenvalue weighted by Gasteiger charge is 2.34. The first kappa shape index (κ1) is 14.8. The van der Waals surface area contributed by atoms with Crippen molar-refractivity contribution in [3.05, 3.63) is 0 Å². The van der Waals surface area contributed by atoms with Crippen molar-refractivity contribution in [3.8, 4) is 11.5 Å². The third-order valence-corrected chi connectivity index (χ3v) is 9.52. The highest BCUT2D eigenvalue weighted by Crippen LogP contribution is 2.35. The summed E-state index contributed by atoms with van der Waals surface area (Å²) in [5.41, 5.74) is 3.52. The molecular weight excluding hydrogens is 224 g/mol. The van der Waals surface area contributed by atoms with Crippen LogP contribution in [0.5, 0.6) is 0 Å². The number of aliphatic hydroxyl groups is 1. The average molecular weight is 252 g/mol. The summed E-state index contributed by atoms with van der Waals surface area (Å²) in [7, 11) is -1.35. The van der Waals surface area contributed by atoms with Crippen LogP contribution in [0.4, 0.5) is 0 Å². The van der Waals surface area contributed by atoms with Crippen molar-refractivity contribution in [1.29, 1.82) is 0 Å². The summed E-state index contributed by atoms with van der Waals surface area (Å²) in [4.78, 5) is 0. The molecule has 1 N–H and O–H groups in total. The molecular formula is C15H28OSi. The Balaban J connectivity index is 2.88. The second kappa shape index (κ2) is 6.07. The topological polar surface area (TPSA) is 20.2 Å². The van der Waals surface area contributed by atoms with Gasteiger partial charge in [-0.15, -0.1) is 11.5 Å². The van der Waals surface area contributed by atoms with E-state index in [9.17, 15) is 5.11 Å². The van der Waals surface area contributed by atoms with Gasteiger partial charge in [0.1, 0.15) is 8.07 Å². The molecule has 0 saturated heterocycles. The van der Waals surface area contributed by atoms with E-state index in [1.165, 1.54) is 24.6 Å². The third-order valence-electron chi connectivity index (χ3n) is 4.80. The van der Waals surface area contributed by atoms with E-state index >= 15 is 0 Å². The largest absolute Gasteiger partial charge is 0.392 e. The van der Waals surface area contributed by atoms with Gasteiger partial charge >= 0.3 is 0 Å². The van der Waals surface area contributed by atoms with Crippen LogP contribution in [0, 0.1) is 16.9 Å². The van der Waals surface area contributed by atoms with Gasteiger partial charge in [-0.1, -0.05) is 33.6 Å². The van der Waals surface area contributed by atoms with Crippen molar-refractivity contribution in [3.63, 3.8) is 0 Å². The summed E-state index contributed by atoms with van der Waals surface area (Å²) in [6.45, 7) is 9.01. The summed E-state index contributed by atoms with van der Waals surface area (Å²) < 4.78 is 0. The standard InChI is InChI=1S/C15H28OSi/c1-5-17(6-2,7-3)13-12-15(4)11-9-8-10-14(15)16/h14,16H,5-11H2,1-4H3/t14-,15-/m1/s1. The highest BCUT2D eigenvalue weighted by atomic mass is 28.3. The summed E-state index contributed by atoms with van der Waals surface area (Å²) >= 11 is 0. The molecule has 0 aromatic rings. The summed E-state index contributed by atoms with van der Waals surface area (Å²) in [6.07, 6.45) is 4.19. The Morgan fingerprint density at radius 1 is 1.18 bits per heavy atom. The number of hydrogen-bond acceptors (Lipinski definition) is 1. The van der Waals surface area contributed by atoms with Gasteiger partial charge < -0.3 is 5.11 Å². The maximum atomic E-state index is 10.2. The van der Waals surface area contributed by atoms with Crippen molar-refractivity contribution in [2.24, 2.45) is 5.41 Å². The van der Waals surface area contributed by atoms with Gasteiger partial charge in [0, 0.05) is 0 Å². The molecule has 17 heavy (non-hydrogen) atoms. The lowest BCUT2D eigenvalue weighted by molar-refractivity contribution is 0.0390. The van der Waals surface area contributed by atoms with E-state index in [2.05, 4.69) is 39.2 Å². The van der Waals surface area contributed by atoms with Crippen molar-refractivity contribution in [2.45, 2.75) is 77.6 Å². The van der Waals surface area contributed by atoms with E-state index < -0.39 is 8.07 Å². The molecule has 1 aliphatic rings. The van der Waals surface area contributed by atoms with E-state index in [0.717, 1.165) is 19.3 Å². The molecule has 2 heteroatoms. The monoisotopic (exact) mass is 252 g/mol. The van der Waals surface area contributed by atoms with Gasteiger partial charge in [-0.2, -0.15) is 0 Å². The lowest BCUT2D eigenvalue weighted by Gasteiger charge is -2.34. The first-order valence-electron chi connectivity index (χ1n) is 7.24. The van der Waals surface area contributed by atoms with Crippen molar-refractivity contribution in [1.82, 2.24) is 0 Å². The summed E-state index contributed by atoms with van der Waals surface area (Å²) in [5, 5.41) is 10.2. The van der Waals surface area contributed by atoms with Crippen LogP contribution < -0.4 is 0 Å². The number of hydrogen-bond donors (Lipinski definition) is 1. The molecule has 1 saturated carbocycles. The van der Waals surface area contributed by atoms with Crippen LogP contribution in [-0.2, 0) is 0 Å². The summed E-state index contributed by atoms with van der Waals surface area (Å²) in [5.74, 6) is 3.50.